The molecule has 1 aromatic carbocycles. The second kappa shape index (κ2) is 7.92. The Kier molecular flexibility index (Phi) is 5.90. The number of nitrogens with zero attached hydrogens (tertiary/aromatic N) is 3. The molecule has 0 saturated carbocycles. The number of amides is 1. The molecule has 0 bridgehead atoms. The third-order valence-electron chi connectivity index (χ3n) is 3.91. The number of carbonyl (C=O) groups excluding carboxylic acids is 1. The van der Waals surface area contributed by atoms with E-state index in [9.17, 15) is 19.1 Å². The van der Waals surface area contributed by atoms with Gasteiger partial charge in [-0.1, -0.05) is 0 Å². The maximum absolute atomic E-state index is 13.2. The number of carbonyl (C=O) groups is 2. The van der Waals surface area contributed by atoms with Crippen LogP contribution in [0.15, 0.2) is 36.7 Å². The number of hydrogen-bond donors (Lipinski definition) is 1. The highest BCUT2D eigenvalue weighted by Crippen LogP contribution is 2.22. The zero-order valence-electron chi connectivity index (χ0n) is 14.5. The van der Waals surface area contributed by atoms with Crippen LogP contribution in [-0.2, 0) is 22.6 Å². The predicted molar refractivity (Wildman–Crippen MR) is 91.8 cm³/mol. The number of benzene rings is 1. The smallest absolute Gasteiger partial charge is 0.316 e. The van der Waals surface area contributed by atoms with E-state index in [1.807, 2.05) is 6.92 Å². The van der Waals surface area contributed by atoms with E-state index in [-0.39, 0.29) is 12.5 Å². The number of rotatable bonds is 7. The average Bonchev–Trinajstić information content (AvgIpc) is 3.01. The Morgan fingerprint density at radius 1 is 1.28 bits per heavy atom. The highest BCUT2D eigenvalue weighted by atomic mass is 19.1. The van der Waals surface area contributed by atoms with Crippen molar-refractivity contribution in [3.8, 4) is 0 Å². The van der Waals surface area contributed by atoms with E-state index in [2.05, 4.69) is 5.10 Å². The van der Waals surface area contributed by atoms with Gasteiger partial charge in [0.05, 0.1) is 6.20 Å². The standard InChI is InChI=1S/C18H22FN3O3/c1-4-21-11-13(10-20-21)9-16(18(24)25)17(23)22(12(2)3)15-7-5-14(19)6-8-15/h5-8,10-12,16H,4,9H2,1-3H3,(H,24,25). The molecule has 0 radical (unpaired) electrons. The van der Waals surface area contributed by atoms with E-state index >= 15 is 0 Å². The fraction of sp³-hybridized carbons (Fsp3) is 0.389. The van der Waals surface area contributed by atoms with E-state index < -0.39 is 23.6 Å². The van der Waals surface area contributed by atoms with Crippen LogP contribution in [0.4, 0.5) is 10.1 Å². The van der Waals surface area contributed by atoms with Gasteiger partial charge in [0.1, 0.15) is 11.7 Å². The number of anilines is 1. The van der Waals surface area contributed by atoms with Gasteiger partial charge in [0.15, 0.2) is 0 Å². The second-order valence-electron chi connectivity index (χ2n) is 6.08. The summed E-state index contributed by atoms with van der Waals surface area (Å²) in [7, 11) is 0. The lowest BCUT2D eigenvalue weighted by Crippen LogP contribution is -2.44. The number of halogens is 1. The van der Waals surface area contributed by atoms with Crippen LogP contribution in [0.5, 0.6) is 0 Å². The SMILES string of the molecule is CCn1cc(CC(C(=O)O)C(=O)N(c2ccc(F)cc2)C(C)C)cn1. The highest BCUT2D eigenvalue weighted by Gasteiger charge is 2.33. The molecule has 0 fully saturated rings. The largest absolute Gasteiger partial charge is 0.481 e. The summed E-state index contributed by atoms with van der Waals surface area (Å²) in [6.07, 6.45) is 3.36. The third kappa shape index (κ3) is 4.43. The van der Waals surface area contributed by atoms with E-state index in [1.54, 1.807) is 30.9 Å². The average molecular weight is 347 g/mol. The molecule has 2 aromatic rings. The first-order chi connectivity index (χ1) is 11.8. The fourth-order valence-electron chi connectivity index (χ4n) is 2.65. The van der Waals surface area contributed by atoms with Crippen molar-refractivity contribution in [1.82, 2.24) is 9.78 Å². The first-order valence-electron chi connectivity index (χ1n) is 8.16. The van der Waals surface area contributed by atoms with Gasteiger partial charge in [0, 0.05) is 24.5 Å². The van der Waals surface area contributed by atoms with Gasteiger partial charge in [-0.25, -0.2) is 4.39 Å². The third-order valence-corrected chi connectivity index (χ3v) is 3.91. The number of carboxylic acids is 1. The Morgan fingerprint density at radius 2 is 1.92 bits per heavy atom. The van der Waals surface area contributed by atoms with Crippen molar-refractivity contribution >= 4 is 17.6 Å². The molecule has 1 atom stereocenters. The monoisotopic (exact) mass is 347 g/mol. The first kappa shape index (κ1) is 18.6. The van der Waals surface area contributed by atoms with E-state index in [0.717, 1.165) is 0 Å². The van der Waals surface area contributed by atoms with Gasteiger partial charge in [-0.3, -0.25) is 14.3 Å². The zero-order chi connectivity index (χ0) is 18.6. The zero-order valence-corrected chi connectivity index (χ0v) is 14.5. The van der Waals surface area contributed by atoms with E-state index in [4.69, 9.17) is 0 Å². The topological polar surface area (TPSA) is 75.4 Å². The minimum absolute atomic E-state index is 0.0541. The van der Waals surface area contributed by atoms with Crippen molar-refractivity contribution in [2.75, 3.05) is 4.90 Å². The predicted octanol–water partition coefficient (Wildman–Crippen LogP) is 2.73. The van der Waals surface area contributed by atoms with Crippen molar-refractivity contribution < 1.29 is 19.1 Å². The minimum Gasteiger partial charge on any atom is -0.481 e. The molecule has 6 nitrogen and oxygen atoms in total. The molecule has 7 heteroatoms. The van der Waals surface area contributed by atoms with Crippen LogP contribution in [0.1, 0.15) is 26.3 Å². The molecule has 0 saturated heterocycles. The Labute approximate surface area is 145 Å². The summed E-state index contributed by atoms with van der Waals surface area (Å²) in [5.41, 5.74) is 1.15. The molecule has 0 aliphatic rings. The van der Waals surface area contributed by atoms with Crippen molar-refractivity contribution in [2.24, 2.45) is 5.92 Å². The summed E-state index contributed by atoms with van der Waals surface area (Å²) >= 11 is 0. The van der Waals surface area contributed by atoms with Crippen molar-refractivity contribution in [1.29, 1.82) is 0 Å². The van der Waals surface area contributed by atoms with Crippen LogP contribution < -0.4 is 4.90 Å². The van der Waals surface area contributed by atoms with Crippen LogP contribution in [0.3, 0.4) is 0 Å². The Morgan fingerprint density at radius 3 is 2.40 bits per heavy atom. The summed E-state index contributed by atoms with van der Waals surface area (Å²) in [6.45, 7) is 6.16. The molecule has 1 unspecified atom stereocenters. The lowest BCUT2D eigenvalue weighted by Gasteiger charge is -2.29. The molecule has 0 spiro atoms. The van der Waals surface area contributed by atoms with Gasteiger partial charge in [-0.15, -0.1) is 0 Å². The maximum Gasteiger partial charge on any atom is 0.316 e. The lowest BCUT2D eigenvalue weighted by molar-refractivity contribution is -0.146. The van der Waals surface area contributed by atoms with Gasteiger partial charge < -0.3 is 10.0 Å². The number of carboxylic acid groups (broad SMARTS) is 1. The van der Waals surface area contributed by atoms with Crippen LogP contribution in [0.2, 0.25) is 0 Å². The summed E-state index contributed by atoms with van der Waals surface area (Å²) < 4.78 is 14.8. The molecule has 134 valence electrons. The normalized spacial score (nSPS) is 12.2. The molecule has 1 aromatic heterocycles. The van der Waals surface area contributed by atoms with E-state index in [1.165, 1.54) is 29.2 Å². The Hall–Kier alpha value is -2.70. The Balaban J connectivity index is 2.29. The van der Waals surface area contributed by atoms with Crippen LogP contribution in [0, 0.1) is 11.7 Å². The van der Waals surface area contributed by atoms with Crippen molar-refractivity contribution in [2.45, 2.75) is 39.8 Å². The Bertz CT molecular complexity index is 740. The van der Waals surface area contributed by atoms with Crippen molar-refractivity contribution in [3.05, 3.63) is 48.0 Å². The summed E-state index contributed by atoms with van der Waals surface area (Å²) in [5.74, 6) is -3.37. The minimum atomic E-state index is -1.23. The second-order valence-corrected chi connectivity index (χ2v) is 6.08. The van der Waals surface area contributed by atoms with Gasteiger partial charge in [-0.2, -0.15) is 5.10 Å². The van der Waals surface area contributed by atoms with Crippen molar-refractivity contribution in [3.63, 3.8) is 0 Å². The molecule has 0 aliphatic heterocycles. The molecular weight excluding hydrogens is 325 g/mol. The van der Waals surface area contributed by atoms with Gasteiger partial charge >= 0.3 is 5.97 Å². The van der Waals surface area contributed by atoms with Crippen LogP contribution >= 0.6 is 0 Å². The number of hydrogen-bond acceptors (Lipinski definition) is 3. The number of aromatic nitrogens is 2. The summed E-state index contributed by atoms with van der Waals surface area (Å²) in [5, 5.41) is 13.7. The van der Waals surface area contributed by atoms with Gasteiger partial charge in [-0.05, 0) is 57.0 Å². The fourth-order valence-corrected chi connectivity index (χ4v) is 2.65. The quantitative estimate of drug-likeness (QED) is 0.782. The molecule has 1 N–H and O–H groups in total. The maximum atomic E-state index is 13.2. The van der Waals surface area contributed by atoms with Gasteiger partial charge in [0.25, 0.3) is 0 Å². The molecule has 2 rings (SSSR count). The molecule has 1 heterocycles. The van der Waals surface area contributed by atoms with Gasteiger partial charge in [0.2, 0.25) is 5.91 Å². The molecular formula is C18H22FN3O3. The first-order valence-corrected chi connectivity index (χ1v) is 8.16. The number of aliphatic carboxylic acids is 1. The van der Waals surface area contributed by atoms with E-state index in [0.29, 0.717) is 17.8 Å². The number of aryl methyl sites for hydroxylation is 1. The molecule has 0 aliphatic carbocycles. The molecule has 1 amide bonds. The summed E-state index contributed by atoms with van der Waals surface area (Å²) in [6, 6.07) is 5.18. The lowest BCUT2D eigenvalue weighted by atomic mass is 9.99. The molecule has 25 heavy (non-hydrogen) atoms. The van der Waals surface area contributed by atoms with Crippen LogP contribution in [-0.4, -0.2) is 32.8 Å². The highest BCUT2D eigenvalue weighted by molar-refractivity contribution is 6.06. The summed E-state index contributed by atoms with van der Waals surface area (Å²) in [4.78, 5) is 26.0. The van der Waals surface area contributed by atoms with Crippen LogP contribution in [0.25, 0.3) is 0 Å².